The zero-order valence-corrected chi connectivity index (χ0v) is 8.80. The van der Waals surface area contributed by atoms with Crippen LogP contribution in [-0.4, -0.2) is 46.5 Å². The molecule has 0 bridgehead atoms. The molecule has 0 atom stereocenters. The van der Waals surface area contributed by atoms with Crippen molar-refractivity contribution in [2.45, 2.75) is 19.4 Å². The van der Waals surface area contributed by atoms with Crippen molar-refractivity contribution in [3.05, 3.63) is 11.9 Å². The summed E-state index contributed by atoms with van der Waals surface area (Å²) in [6.07, 6.45) is 3.70. The molecular weight excluding hydrogens is 196 g/mol. The maximum Gasteiger partial charge on any atom is 0.0827 e. The molecule has 1 heterocycles. The molecule has 0 aromatic carbocycles. The topological polar surface area (TPSA) is 86.2 Å². The van der Waals surface area contributed by atoms with Crippen molar-refractivity contribution < 1.29 is 9.84 Å². The van der Waals surface area contributed by atoms with Crippen molar-refractivity contribution in [2.24, 2.45) is 5.73 Å². The molecule has 0 unspecified atom stereocenters. The highest BCUT2D eigenvalue weighted by Gasteiger charge is 1.99. The summed E-state index contributed by atoms with van der Waals surface area (Å²) in [5, 5.41) is 16.4. The Kier molecular flexibility index (Phi) is 5.91. The lowest BCUT2D eigenvalue weighted by atomic mass is 10.2. The number of ether oxygens (including phenoxy) is 1. The molecule has 6 nitrogen and oxygen atoms in total. The number of aryl methyl sites for hydroxylation is 1. The number of rotatable bonds is 8. The molecule has 0 saturated carbocycles. The second-order valence-corrected chi connectivity index (χ2v) is 3.20. The quantitative estimate of drug-likeness (QED) is 0.552. The van der Waals surface area contributed by atoms with E-state index in [4.69, 9.17) is 15.6 Å². The molecule has 0 fully saturated rings. The average molecular weight is 214 g/mol. The fraction of sp³-hybridized carbons (Fsp3) is 0.778. The molecule has 86 valence electrons. The van der Waals surface area contributed by atoms with Crippen LogP contribution in [0.5, 0.6) is 0 Å². The van der Waals surface area contributed by atoms with Crippen molar-refractivity contribution in [3.8, 4) is 0 Å². The van der Waals surface area contributed by atoms with E-state index in [0.29, 0.717) is 26.3 Å². The number of aromatic nitrogens is 3. The third kappa shape index (κ3) is 4.87. The van der Waals surface area contributed by atoms with E-state index in [9.17, 15) is 0 Å². The summed E-state index contributed by atoms with van der Waals surface area (Å²) in [6.45, 7) is 2.30. The Morgan fingerprint density at radius 3 is 3.07 bits per heavy atom. The molecule has 0 aliphatic carbocycles. The molecule has 1 rings (SSSR count). The number of aliphatic hydroxyl groups excluding tert-OH is 1. The van der Waals surface area contributed by atoms with Crippen molar-refractivity contribution in [1.82, 2.24) is 15.0 Å². The zero-order chi connectivity index (χ0) is 10.9. The number of aliphatic hydroxyl groups is 1. The molecule has 15 heavy (non-hydrogen) atoms. The summed E-state index contributed by atoms with van der Waals surface area (Å²) in [7, 11) is 0. The van der Waals surface area contributed by atoms with Crippen molar-refractivity contribution in [2.75, 3.05) is 26.4 Å². The minimum absolute atomic E-state index is 0.0547. The van der Waals surface area contributed by atoms with Gasteiger partial charge < -0.3 is 15.6 Å². The van der Waals surface area contributed by atoms with Gasteiger partial charge in [-0.05, 0) is 19.4 Å². The van der Waals surface area contributed by atoms with Crippen LogP contribution in [0.1, 0.15) is 12.1 Å². The van der Waals surface area contributed by atoms with Crippen molar-refractivity contribution >= 4 is 0 Å². The van der Waals surface area contributed by atoms with Crippen LogP contribution in [0, 0.1) is 0 Å². The fourth-order valence-corrected chi connectivity index (χ4v) is 1.17. The van der Waals surface area contributed by atoms with Gasteiger partial charge in [-0.2, -0.15) is 0 Å². The first-order valence-electron chi connectivity index (χ1n) is 5.14. The van der Waals surface area contributed by atoms with Gasteiger partial charge in [0.05, 0.1) is 32.1 Å². The smallest absolute Gasteiger partial charge is 0.0827 e. The highest BCUT2D eigenvalue weighted by molar-refractivity contribution is 4.92. The van der Waals surface area contributed by atoms with E-state index in [0.717, 1.165) is 18.5 Å². The standard InChI is InChI=1S/C9H18N4O2/c10-3-1-2-9-8-13(12-11-9)4-6-15-7-5-14/h8,14H,1-7,10H2. The molecule has 0 spiro atoms. The second-order valence-electron chi connectivity index (χ2n) is 3.20. The monoisotopic (exact) mass is 214 g/mol. The summed E-state index contributed by atoms with van der Waals surface area (Å²) in [5.74, 6) is 0. The van der Waals surface area contributed by atoms with E-state index in [2.05, 4.69) is 10.3 Å². The molecule has 3 N–H and O–H groups in total. The average Bonchev–Trinajstić information content (AvgIpc) is 2.69. The molecule has 0 saturated heterocycles. The lowest BCUT2D eigenvalue weighted by Gasteiger charge is -2.00. The van der Waals surface area contributed by atoms with Crippen LogP contribution in [0.3, 0.4) is 0 Å². The van der Waals surface area contributed by atoms with Gasteiger partial charge in [0.1, 0.15) is 0 Å². The highest BCUT2D eigenvalue weighted by Crippen LogP contribution is 1.96. The summed E-state index contributed by atoms with van der Waals surface area (Å²) >= 11 is 0. The molecular formula is C9H18N4O2. The summed E-state index contributed by atoms with van der Waals surface area (Å²) in [5.41, 5.74) is 6.36. The lowest BCUT2D eigenvalue weighted by molar-refractivity contribution is 0.0851. The van der Waals surface area contributed by atoms with E-state index in [1.54, 1.807) is 4.68 Å². The highest BCUT2D eigenvalue weighted by atomic mass is 16.5. The van der Waals surface area contributed by atoms with E-state index in [1.165, 1.54) is 0 Å². The van der Waals surface area contributed by atoms with Gasteiger partial charge >= 0.3 is 0 Å². The van der Waals surface area contributed by atoms with Gasteiger partial charge in [-0.25, -0.2) is 4.68 Å². The third-order valence-electron chi connectivity index (χ3n) is 1.92. The van der Waals surface area contributed by atoms with E-state index in [1.807, 2.05) is 6.20 Å². The fourth-order valence-electron chi connectivity index (χ4n) is 1.17. The number of nitrogens with zero attached hydrogens (tertiary/aromatic N) is 3. The first kappa shape index (κ1) is 12.1. The van der Waals surface area contributed by atoms with Crippen LogP contribution >= 0.6 is 0 Å². The zero-order valence-electron chi connectivity index (χ0n) is 8.80. The number of nitrogens with two attached hydrogens (primary N) is 1. The predicted octanol–water partition coefficient (Wildman–Crippen LogP) is -0.822. The van der Waals surface area contributed by atoms with Crippen molar-refractivity contribution in [1.29, 1.82) is 0 Å². The van der Waals surface area contributed by atoms with E-state index >= 15 is 0 Å². The van der Waals surface area contributed by atoms with Gasteiger partial charge in [0.15, 0.2) is 0 Å². The van der Waals surface area contributed by atoms with E-state index in [-0.39, 0.29) is 6.61 Å². The maximum atomic E-state index is 8.49. The Morgan fingerprint density at radius 1 is 1.47 bits per heavy atom. The second kappa shape index (κ2) is 7.33. The van der Waals surface area contributed by atoms with Gasteiger partial charge in [0.25, 0.3) is 0 Å². The minimum Gasteiger partial charge on any atom is -0.394 e. The molecule has 1 aromatic heterocycles. The maximum absolute atomic E-state index is 8.49. The van der Waals surface area contributed by atoms with Gasteiger partial charge in [0.2, 0.25) is 0 Å². The molecule has 0 amide bonds. The first-order valence-corrected chi connectivity index (χ1v) is 5.14. The Bertz CT molecular complexity index is 264. The molecule has 0 aliphatic heterocycles. The lowest BCUT2D eigenvalue weighted by Crippen LogP contribution is -2.08. The number of hydrogen-bond acceptors (Lipinski definition) is 5. The first-order chi connectivity index (χ1) is 7.36. The molecule has 1 aromatic rings. The predicted molar refractivity (Wildman–Crippen MR) is 55.3 cm³/mol. The van der Waals surface area contributed by atoms with Crippen LogP contribution in [0.25, 0.3) is 0 Å². The Balaban J connectivity index is 2.20. The largest absolute Gasteiger partial charge is 0.394 e. The van der Waals surface area contributed by atoms with Crippen LogP contribution in [0.4, 0.5) is 0 Å². The Hall–Kier alpha value is -0.980. The normalized spacial score (nSPS) is 10.8. The summed E-state index contributed by atoms with van der Waals surface area (Å²) in [6, 6.07) is 0. The van der Waals surface area contributed by atoms with E-state index < -0.39 is 0 Å². The molecule has 0 radical (unpaired) electrons. The van der Waals surface area contributed by atoms with Crippen LogP contribution in [0.15, 0.2) is 6.20 Å². The van der Waals surface area contributed by atoms with Gasteiger partial charge in [-0.1, -0.05) is 5.21 Å². The van der Waals surface area contributed by atoms with Crippen LogP contribution < -0.4 is 5.73 Å². The van der Waals surface area contributed by atoms with Gasteiger partial charge in [-0.3, -0.25) is 0 Å². The van der Waals surface area contributed by atoms with Crippen molar-refractivity contribution in [3.63, 3.8) is 0 Å². The van der Waals surface area contributed by atoms with Crippen LogP contribution in [0.2, 0.25) is 0 Å². The van der Waals surface area contributed by atoms with Crippen LogP contribution in [-0.2, 0) is 17.7 Å². The van der Waals surface area contributed by atoms with Gasteiger partial charge in [0, 0.05) is 6.20 Å². The number of hydrogen-bond donors (Lipinski definition) is 2. The third-order valence-corrected chi connectivity index (χ3v) is 1.92. The Labute approximate surface area is 89.0 Å². The molecule has 6 heteroatoms. The Morgan fingerprint density at radius 2 is 2.33 bits per heavy atom. The summed E-state index contributed by atoms with van der Waals surface area (Å²) < 4.78 is 6.86. The van der Waals surface area contributed by atoms with Gasteiger partial charge in [-0.15, -0.1) is 5.10 Å². The summed E-state index contributed by atoms with van der Waals surface area (Å²) in [4.78, 5) is 0. The SMILES string of the molecule is NCCCc1cn(CCOCCO)nn1. The minimum atomic E-state index is 0.0547. The molecule has 0 aliphatic rings.